The number of aromatic hydroxyl groups is 1. The molecule has 0 atom stereocenters. The van der Waals surface area contributed by atoms with Crippen LogP contribution in [0.15, 0.2) is 47.3 Å². The van der Waals surface area contributed by atoms with Crippen molar-refractivity contribution < 1.29 is 5.11 Å². The Labute approximate surface area is 134 Å². The SMILES string of the molecule is O=c1cc2ccccc2c(O)n1-c1c(Cl)cc(Cl)cc1Cl. The molecule has 0 aliphatic carbocycles. The van der Waals surface area contributed by atoms with Gasteiger partial charge in [-0.3, -0.25) is 4.79 Å². The fourth-order valence-corrected chi connectivity index (χ4v) is 3.20. The number of pyridine rings is 1. The number of hydrogen-bond donors (Lipinski definition) is 1. The van der Waals surface area contributed by atoms with Gasteiger partial charge in [-0.05, 0) is 23.6 Å². The smallest absolute Gasteiger partial charge is 0.258 e. The van der Waals surface area contributed by atoms with Crippen molar-refractivity contribution >= 4 is 45.6 Å². The van der Waals surface area contributed by atoms with E-state index in [2.05, 4.69) is 0 Å². The highest BCUT2D eigenvalue weighted by Crippen LogP contribution is 2.35. The molecule has 0 fully saturated rings. The zero-order valence-electron chi connectivity index (χ0n) is 10.5. The summed E-state index contributed by atoms with van der Waals surface area (Å²) in [5.41, 5.74) is -0.228. The van der Waals surface area contributed by atoms with Crippen molar-refractivity contribution in [1.29, 1.82) is 0 Å². The van der Waals surface area contributed by atoms with Crippen molar-refractivity contribution in [2.45, 2.75) is 0 Å². The molecule has 3 aromatic rings. The van der Waals surface area contributed by atoms with Crippen LogP contribution in [0.2, 0.25) is 15.1 Å². The van der Waals surface area contributed by atoms with E-state index in [1.165, 1.54) is 18.2 Å². The molecule has 0 aliphatic rings. The van der Waals surface area contributed by atoms with Crippen molar-refractivity contribution in [1.82, 2.24) is 4.57 Å². The lowest BCUT2D eigenvalue weighted by molar-refractivity contribution is 0.443. The summed E-state index contributed by atoms with van der Waals surface area (Å²) < 4.78 is 1.07. The number of benzene rings is 2. The van der Waals surface area contributed by atoms with E-state index in [9.17, 15) is 9.90 Å². The van der Waals surface area contributed by atoms with Gasteiger partial charge in [0.1, 0.15) is 0 Å². The molecule has 0 aliphatic heterocycles. The predicted molar refractivity (Wildman–Crippen MR) is 86.2 cm³/mol. The summed E-state index contributed by atoms with van der Waals surface area (Å²) in [5.74, 6) is -0.218. The first kappa shape index (κ1) is 14.3. The van der Waals surface area contributed by atoms with Gasteiger partial charge in [-0.25, -0.2) is 4.57 Å². The standard InChI is InChI=1S/C15H8Cl3NO2/c16-9-6-11(17)14(12(18)7-9)19-13(20)5-8-3-1-2-4-10(8)15(19)21/h1-7,21H. The van der Waals surface area contributed by atoms with Crippen molar-refractivity contribution in [3.63, 3.8) is 0 Å². The van der Waals surface area contributed by atoms with Crippen LogP contribution in [0, 0.1) is 0 Å². The Morgan fingerprint density at radius 3 is 2.24 bits per heavy atom. The molecule has 1 N–H and O–H groups in total. The molecule has 1 heterocycles. The molecule has 3 rings (SSSR count). The molecule has 0 saturated heterocycles. The van der Waals surface area contributed by atoms with Crippen LogP contribution in [0.25, 0.3) is 16.5 Å². The van der Waals surface area contributed by atoms with E-state index in [1.54, 1.807) is 24.3 Å². The van der Waals surface area contributed by atoms with Gasteiger partial charge in [-0.1, -0.05) is 53.0 Å². The van der Waals surface area contributed by atoms with Crippen LogP contribution >= 0.6 is 34.8 Å². The predicted octanol–water partition coefficient (Wildman–Crippen LogP) is 4.66. The lowest BCUT2D eigenvalue weighted by Crippen LogP contribution is -2.18. The fourth-order valence-electron chi connectivity index (χ4n) is 2.21. The van der Waals surface area contributed by atoms with E-state index < -0.39 is 5.56 Å². The Kier molecular flexibility index (Phi) is 3.57. The number of rotatable bonds is 1. The van der Waals surface area contributed by atoms with Gasteiger partial charge < -0.3 is 5.11 Å². The highest BCUT2D eigenvalue weighted by atomic mass is 35.5. The van der Waals surface area contributed by atoms with Gasteiger partial charge in [0.2, 0.25) is 5.88 Å². The monoisotopic (exact) mass is 339 g/mol. The average molecular weight is 341 g/mol. The highest BCUT2D eigenvalue weighted by Gasteiger charge is 2.16. The summed E-state index contributed by atoms with van der Waals surface area (Å²) >= 11 is 18.1. The topological polar surface area (TPSA) is 42.2 Å². The highest BCUT2D eigenvalue weighted by molar-refractivity contribution is 6.40. The quantitative estimate of drug-likeness (QED) is 0.700. The Morgan fingerprint density at radius 2 is 1.57 bits per heavy atom. The third-order valence-electron chi connectivity index (χ3n) is 3.12. The van der Waals surface area contributed by atoms with Crippen molar-refractivity contribution in [3.05, 3.63) is 67.9 Å². The van der Waals surface area contributed by atoms with Gasteiger partial charge in [-0.2, -0.15) is 0 Å². The molecular formula is C15H8Cl3NO2. The van der Waals surface area contributed by atoms with Gasteiger partial charge >= 0.3 is 0 Å². The van der Waals surface area contributed by atoms with Gasteiger partial charge in [0.15, 0.2) is 0 Å². The minimum Gasteiger partial charge on any atom is -0.494 e. The number of fused-ring (bicyclic) bond motifs is 1. The largest absolute Gasteiger partial charge is 0.494 e. The van der Waals surface area contributed by atoms with Crippen LogP contribution in [-0.2, 0) is 0 Å². The van der Waals surface area contributed by atoms with Gasteiger partial charge in [0, 0.05) is 16.5 Å². The van der Waals surface area contributed by atoms with Crippen LogP contribution in [0.4, 0.5) is 0 Å². The first-order chi connectivity index (χ1) is 9.99. The molecule has 3 nitrogen and oxygen atoms in total. The first-order valence-electron chi connectivity index (χ1n) is 5.97. The molecule has 0 amide bonds. The summed E-state index contributed by atoms with van der Waals surface area (Å²) in [5, 5.41) is 12.3. The second-order valence-corrected chi connectivity index (χ2v) is 5.70. The number of nitrogens with zero attached hydrogens (tertiary/aromatic N) is 1. The number of hydrogen-bond acceptors (Lipinski definition) is 2. The third kappa shape index (κ3) is 2.38. The van der Waals surface area contributed by atoms with Gasteiger partial charge in [-0.15, -0.1) is 0 Å². The maximum Gasteiger partial charge on any atom is 0.258 e. The molecule has 6 heteroatoms. The summed E-state index contributed by atoms with van der Waals surface area (Å²) in [6, 6.07) is 11.3. The molecule has 21 heavy (non-hydrogen) atoms. The number of halogens is 3. The Hall–Kier alpha value is -1.68. The molecule has 0 spiro atoms. The second kappa shape index (κ2) is 5.26. The summed E-state index contributed by atoms with van der Waals surface area (Å²) in [4.78, 5) is 12.3. The molecule has 106 valence electrons. The zero-order valence-corrected chi connectivity index (χ0v) is 12.7. The lowest BCUT2D eigenvalue weighted by Gasteiger charge is -2.14. The van der Waals surface area contributed by atoms with E-state index in [0.717, 1.165) is 4.57 Å². The van der Waals surface area contributed by atoms with Crippen molar-refractivity contribution in [3.8, 4) is 11.6 Å². The molecule has 0 bridgehead atoms. The minimum absolute atomic E-state index is 0.181. The summed E-state index contributed by atoms with van der Waals surface area (Å²) in [7, 11) is 0. The summed E-state index contributed by atoms with van der Waals surface area (Å²) in [6.07, 6.45) is 0. The molecule has 0 radical (unpaired) electrons. The minimum atomic E-state index is -0.433. The zero-order chi connectivity index (χ0) is 15.1. The number of aromatic nitrogens is 1. The maximum absolute atomic E-state index is 12.3. The molecule has 1 aromatic heterocycles. The first-order valence-corrected chi connectivity index (χ1v) is 7.11. The molecular weight excluding hydrogens is 333 g/mol. The Morgan fingerprint density at radius 1 is 0.952 bits per heavy atom. The second-order valence-electron chi connectivity index (χ2n) is 4.45. The maximum atomic E-state index is 12.3. The molecule has 2 aromatic carbocycles. The van der Waals surface area contributed by atoms with E-state index in [1.807, 2.05) is 0 Å². The van der Waals surface area contributed by atoms with Crippen molar-refractivity contribution in [2.75, 3.05) is 0 Å². The van der Waals surface area contributed by atoms with Crippen LogP contribution in [0.1, 0.15) is 0 Å². The Balaban J connectivity index is 2.44. The van der Waals surface area contributed by atoms with Gasteiger partial charge in [0.25, 0.3) is 5.56 Å². The summed E-state index contributed by atoms with van der Waals surface area (Å²) in [6.45, 7) is 0. The van der Waals surface area contributed by atoms with Crippen LogP contribution in [0.5, 0.6) is 5.88 Å². The molecule has 0 saturated carbocycles. The Bertz CT molecular complexity index is 895. The third-order valence-corrected chi connectivity index (χ3v) is 3.91. The average Bonchev–Trinajstić information content (AvgIpc) is 2.41. The van der Waals surface area contributed by atoms with Crippen LogP contribution < -0.4 is 5.56 Å². The van der Waals surface area contributed by atoms with Crippen LogP contribution in [0.3, 0.4) is 0 Å². The van der Waals surface area contributed by atoms with E-state index >= 15 is 0 Å². The normalized spacial score (nSPS) is 11.0. The lowest BCUT2D eigenvalue weighted by atomic mass is 10.1. The van der Waals surface area contributed by atoms with Gasteiger partial charge in [0.05, 0.1) is 15.7 Å². The molecule has 0 unspecified atom stereocenters. The van der Waals surface area contributed by atoms with E-state index in [-0.39, 0.29) is 21.6 Å². The fraction of sp³-hybridized carbons (Fsp3) is 0. The van der Waals surface area contributed by atoms with Crippen LogP contribution in [-0.4, -0.2) is 9.67 Å². The van der Waals surface area contributed by atoms with Crippen molar-refractivity contribution in [2.24, 2.45) is 0 Å². The van der Waals surface area contributed by atoms with E-state index in [0.29, 0.717) is 15.8 Å². The van der Waals surface area contributed by atoms with E-state index in [4.69, 9.17) is 34.8 Å².